The molecular formula is C13H20N2O3. The molecule has 1 unspecified atom stereocenters. The van der Waals surface area contributed by atoms with Crippen LogP contribution >= 0.6 is 0 Å². The van der Waals surface area contributed by atoms with E-state index in [2.05, 4.69) is 10.3 Å². The molecule has 0 aliphatic heterocycles. The topological polar surface area (TPSA) is 82.2 Å². The average Bonchev–Trinajstić information content (AvgIpc) is 2.75. The zero-order valence-corrected chi connectivity index (χ0v) is 11.0. The number of nitrogens with one attached hydrogen (secondary N) is 2. The van der Waals surface area contributed by atoms with E-state index in [4.69, 9.17) is 5.11 Å². The number of aromatic amines is 1. The fourth-order valence-corrected chi connectivity index (χ4v) is 1.54. The van der Waals surface area contributed by atoms with Crippen molar-refractivity contribution < 1.29 is 14.7 Å². The van der Waals surface area contributed by atoms with E-state index in [1.165, 1.54) is 0 Å². The van der Waals surface area contributed by atoms with Crippen molar-refractivity contribution in [3.63, 3.8) is 0 Å². The minimum absolute atomic E-state index is 0.0465. The van der Waals surface area contributed by atoms with E-state index >= 15 is 0 Å². The predicted molar refractivity (Wildman–Crippen MR) is 68.4 cm³/mol. The number of aromatic nitrogens is 1. The molecule has 0 spiro atoms. The molecule has 0 radical (unpaired) electrons. The van der Waals surface area contributed by atoms with Crippen molar-refractivity contribution in [1.29, 1.82) is 0 Å². The third-order valence-corrected chi connectivity index (χ3v) is 2.63. The molecule has 18 heavy (non-hydrogen) atoms. The highest BCUT2D eigenvalue weighted by molar-refractivity contribution is 5.94. The van der Waals surface area contributed by atoms with Gasteiger partial charge in [-0.15, -0.1) is 0 Å². The lowest BCUT2D eigenvalue weighted by molar-refractivity contribution is -0.139. The van der Waals surface area contributed by atoms with Crippen molar-refractivity contribution in [3.8, 4) is 0 Å². The average molecular weight is 252 g/mol. The van der Waals surface area contributed by atoms with E-state index in [0.29, 0.717) is 12.1 Å². The third kappa shape index (κ3) is 4.61. The summed E-state index contributed by atoms with van der Waals surface area (Å²) < 4.78 is 0. The van der Waals surface area contributed by atoms with E-state index in [-0.39, 0.29) is 11.3 Å². The van der Waals surface area contributed by atoms with Crippen LogP contribution in [0.2, 0.25) is 0 Å². The number of carboxylic acid groups (broad SMARTS) is 1. The fourth-order valence-electron chi connectivity index (χ4n) is 1.54. The summed E-state index contributed by atoms with van der Waals surface area (Å²) in [4.78, 5) is 25.6. The second-order valence-electron chi connectivity index (χ2n) is 5.55. The molecule has 0 saturated carbocycles. The highest BCUT2D eigenvalue weighted by Gasteiger charge is 2.23. The molecule has 3 N–H and O–H groups in total. The molecule has 0 bridgehead atoms. The van der Waals surface area contributed by atoms with Gasteiger partial charge in [0.15, 0.2) is 0 Å². The Labute approximate surface area is 107 Å². The summed E-state index contributed by atoms with van der Waals surface area (Å²) in [6, 6.07) is 2.46. The van der Waals surface area contributed by atoms with Crippen LogP contribution in [0.5, 0.6) is 0 Å². The Morgan fingerprint density at radius 2 is 2.11 bits per heavy atom. The van der Waals surface area contributed by atoms with Gasteiger partial charge in [-0.2, -0.15) is 0 Å². The normalized spacial score (nSPS) is 13.1. The van der Waals surface area contributed by atoms with E-state index in [0.717, 1.165) is 6.42 Å². The molecule has 1 amide bonds. The molecular weight excluding hydrogens is 232 g/mol. The number of carbonyl (C=O) groups is 2. The van der Waals surface area contributed by atoms with Gasteiger partial charge in [0.05, 0.1) is 0 Å². The van der Waals surface area contributed by atoms with Crippen molar-refractivity contribution >= 4 is 11.9 Å². The van der Waals surface area contributed by atoms with Crippen LogP contribution in [0.4, 0.5) is 0 Å². The Hall–Kier alpha value is -1.78. The molecule has 5 heteroatoms. The van der Waals surface area contributed by atoms with Gasteiger partial charge < -0.3 is 15.4 Å². The van der Waals surface area contributed by atoms with Gasteiger partial charge in [-0.1, -0.05) is 20.8 Å². The first-order valence-electron chi connectivity index (χ1n) is 5.97. The number of amides is 1. The Morgan fingerprint density at radius 1 is 1.44 bits per heavy atom. The number of hydrogen-bond donors (Lipinski definition) is 3. The van der Waals surface area contributed by atoms with Gasteiger partial charge in [-0.3, -0.25) is 4.79 Å². The third-order valence-electron chi connectivity index (χ3n) is 2.63. The molecule has 1 rings (SSSR count). The molecule has 1 atom stereocenters. The van der Waals surface area contributed by atoms with Crippen LogP contribution in [0.3, 0.4) is 0 Å². The van der Waals surface area contributed by atoms with Crippen molar-refractivity contribution in [2.45, 2.75) is 39.7 Å². The monoisotopic (exact) mass is 252 g/mol. The van der Waals surface area contributed by atoms with Crippen molar-refractivity contribution in [2.75, 3.05) is 0 Å². The number of H-pyrrole nitrogens is 1. The van der Waals surface area contributed by atoms with E-state index < -0.39 is 12.0 Å². The zero-order chi connectivity index (χ0) is 13.8. The SMILES string of the molecule is CC(C)(C)CCC(NC(=O)c1ccc[nH]1)C(=O)O. The second-order valence-corrected chi connectivity index (χ2v) is 5.55. The van der Waals surface area contributed by atoms with Gasteiger partial charge in [0, 0.05) is 6.20 Å². The molecule has 1 aromatic rings. The Kier molecular flexibility index (Phi) is 4.53. The smallest absolute Gasteiger partial charge is 0.326 e. The lowest BCUT2D eigenvalue weighted by Gasteiger charge is -2.21. The van der Waals surface area contributed by atoms with E-state index in [1.807, 2.05) is 20.8 Å². The molecule has 1 heterocycles. The molecule has 1 aromatic heterocycles. The maximum atomic E-state index is 11.7. The van der Waals surface area contributed by atoms with E-state index in [1.54, 1.807) is 18.3 Å². The number of aliphatic carboxylic acids is 1. The number of hydrogen-bond acceptors (Lipinski definition) is 2. The van der Waals surface area contributed by atoms with Gasteiger partial charge in [0.2, 0.25) is 0 Å². The van der Waals surface area contributed by atoms with Crippen LogP contribution in [-0.4, -0.2) is 28.0 Å². The summed E-state index contributed by atoms with van der Waals surface area (Å²) >= 11 is 0. The summed E-state index contributed by atoms with van der Waals surface area (Å²) in [6.45, 7) is 6.12. The van der Waals surface area contributed by atoms with Crippen molar-refractivity contribution in [2.24, 2.45) is 5.41 Å². The highest BCUT2D eigenvalue weighted by atomic mass is 16.4. The zero-order valence-electron chi connectivity index (χ0n) is 11.0. The first-order chi connectivity index (χ1) is 8.29. The predicted octanol–water partition coefficient (Wildman–Crippen LogP) is 2.02. The quantitative estimate of drug-likeness (QED) is 0.749. The number of carbonyl (C=O) groups excluding carboxylic acids is 1. The van der Waals surface area contributed by atoms with E-state index in [9.17, 15) is 9.59 Å². The summed E-state index contributed by atoms with van der Waals surface area (Å²) in [6.07, 6.45) is 2.78. The first-order valence-corrected chi connectivity index (χ1v) is 5.97. The van der Waals surface area contributed by atoms with Crippen molar-refractivity contribution in [1.82, 2.24) is 10.3 Å². The van der Waals surface area contributed by atoms with Crippen LogP contribution in [0, 0.1) is 5.41 Å². The van der Waals surface area contributed by atoms with Crippen molar-refractivity contribution in [3.05, 3.63) is 24.0 Å². The summed E-state index contributed by atoms with van der Waals surface area (Å²) in [5.41, 5.74) is 0.419. The molecule has 0 aliphatic rings. The minimum Gasteiger partial charge on any atom is -0.480 e. The second kappa shape index (κ2) is 5.71. The first kappa shape index (κ1) is 14.3. The van der Waals surface area contributed by atoms with Crippen LogP contribution < -0.4 is 5.32 Å². The summed E-state index contributed by atoms with van der Waals surface area (Å²) in [5, 5.41) is 11.6. The Balaban J connectivity index is 2.58. The van der Waals surface area contributed by atoms with Gasteiger partial charge in [0.25, 0.3) is 5.91 Å². The lowest BCUT2D eigenvalue weighted by Crippen LogP contribution is -2.41. The fraction of sp³-hybridized carbons (Fsp3) is 0.538. The standard InChI is InChI=1S/C13H20N2O3/c1-13(2,3)7-6-10(12(17)18)15-11(16)9-5-4-8-14-9/h4-5,8,10,14H,6-7H2,1-3H3,(H,15,16)(H,17,18). The lowest BCUT2D eigenvalue weighted by atomic mass is 9.88. The largest absolute Gasteiger partial charge is 0.480 e. The Bertz CT molecular complexity index is 404. The summed E-state index contributed by atoms with van der Waals surface area (Å²) in [5.74, 6) is -1.39. The molecule has 0 fully saturated rings. The van der Waals surface area contributed by atoms with Crippen LogP contribution in [0.15, 0.2) is 18.3 Å². The van der Waals surface area contributed by atoms with Crippen LogP contribution in [0.1, 0.15) is 44.1 Å². The van der Waals surface area contributed by atoms with Gasteiger partial charge in [-0.05, 0) is 30.4 Å². The van der Waals surface area contributed by atoms with Gasteiger partial charge in [0.1, 0.15) is 11.7 Å². The number of carboxylic acids is 1. The number of rotatable bonds is 5. The molecule has 0 aromatic carbocycles. The maximum absolute atomic E-state index is 11.7. The van der Waals surface area contributed by atoms with Crippen LogP contribution in [0.25, 0.3) is 0 Å². The molecule has 5 nitrogen and oxygen atoms in total. The Morgan fingerprint density at radius 3 is 2.56 bits per heavy atom. The molecule has 0 aliphatic carbocycles. The molecule has 100 valence electrons. The molecule has 0 saturated heterocycles. The minimum atomic E-state index is -1.00. The summed E-state index contributed by atoms with van der Waals surface area (Å²) in [7, 11) is 0. The van der Waals surface area contributed by atoms with Gasteiger partial charge >= 0.3 is 5.97 Å². The van der Waals surface area contributed by atoms with Crippen LogP contribution in [-0.2, 0) is 4.79 Å². The maximum Gasteiger partial charge on any atom is 0.326 e. The van der Waals surface area contributed by atoms with Gasteiger partial charge in [-0.25, -0.2) is 4.79 Å². The highest BCUT2D eigenvalue weighted by Crippen LogP contribution is 2.21.